The van der Waals surface area contributed by atoms with Crippen LogP contribution in [-0.4, -0.2) is 63.4 Å². The molecule has 1 saturated heterocycles. The van der Waals surface area contributed by atoms with Gasteiger partial charge in [-0.05, 0) is 31.4 Å². The van der Waals surface area contributed by atoms with Crippen molar-refractivity contribution in [1.29, 1.82) is 0 Å². The Balaban J connectivity index is 2.29. The molecule has 0 bridgehead atoms. The van der Waals surface area contributed by atoms with Gasteiger partial charge in [0.1, 0.15) is 0 Å². The maximum absolute atomic E-state index is 13.1. The van der Waals surface area contributed by atoms with E-state index < -0.39 is 0 Å². The van der Waals surface area contributed by atoms with Crippen LogP contribution in [0.15, 0.2) is 18.2 Å². The average molecular weight is 334 g/mol. The van der Waals surface area contributed by atoms with Crippen molar-refractivity contribution < 1.29 is 14.3 Å². The number of carbonyl (C=O) groups is 1. The van der Waals surface area contributed by atoms with Gasteiger partial charge in [0.05, 0.1) is 38.1 Å². The lowest BCUT2D eigenvalue weighted by Crippen LogP contribution is -2.49. The lowest BCUT2D eigenvalue weighted by Gasteiger charge is -2.34. The second-order valence-corrected chi connectivity index (χ2v) is 6.39. The smallest absolute Gasteiger partial charge is 0.241 e. The molecule has 5 nitrogen and oxygen atoms in total. The minimum Gasteiger partial charge on any atom is -0.383 e. The minimum atomic E-state index is -0.00468. The number of ether oxygens (including phenoxy) is 2. The predicted octanol–water partition coefficient (Wildman–Crippen LogP) is 2.26. The van der Waals surface area contributed by atoms with E-state index in [1.54, 1.807) is 7.11 Å². The maximum atomic E-state index is 13.1. The van der Waals surface area contributed by atoms with Crippen LogP contribution in [0.2, 0.25) is 0 Å². The molecule has 24 heavy (non-hydrogen) atoms. The molecule has 0 saturated carbocycles. The second-order valence-electron chi connectivity index (χ2n) is 6.39. The van der Waals surface area contributed by atoms with Crippen molar-refractivity contribution in [2.24, 2.45) is 0 Å². The fourth-order valence-electron chi connectivity index (χ4n) is 3.28. The Hall–Kier alpha value is -1.43. The molecule has 0 aliphatic carbocycles. The summed E-state index contributed by atoms with van der Waals surface area (Å²) in [5, 5.41) is 0. The van der Waals surface area contributed by atoms with Crippen LogP contribution in [0.4, 0.5) is 5.69 Å². The van der Waals surface area contributed by atoms with Crippen LogP contribution in [-0.2, 0) is 20.7 Å². The number of nitrogens with zero attached hydrogens (tertiary/aromatic N) is 2. The molecule has 0 radical (unpaired) electrons. The molecule has 1 fully saturated rings. The molecule has 134 valence electrons. The third-order valence-electron chi connectivity index (χ3n) is 4.52. The van der Waals surface area contributed by atoms with Gasteiger partial charge in [-0.2, -0.15) is 0 Å². The largest absolute Gasteiger partial charge is 0.383 e. The number of benzene rings is 1. The number of carbonyl (C=O) groups excluding carboxylic acids is 1. The summed E-state index contributed by atoms with van der Waals surface area (Å²) in [5.74, 6) is 0.130. The van der Waals surface area contributed by atoms with Crippen LogP contribution in [0.3, 0.4) is 0 Å². The predicted molar refractivity (Wildman–Crippen MR) is 96.6 cm³/mol. The van der Waals surface area contributed by atoms with E-state index in [4.69, 9.17) is 9.47 Å². The summed E-state index contributed by atoms with van der Waals surface area (Å²) in [4.78, 5) is 17.2. The molecule has 0 spiro atoms. The number of aryl methyl sites for hydroxylation is 2. The van der Waals surface area contributed by atoms with E-state index >= 15 is 0 Å². The lowest BCUT2D eigenvalue weighted by atomic mass is 10.0. The summed E-state index contributed by atoms with van der Waals surface area (Å²) >= 11 is 0. The number of amides is 1. The molecule has 1 amide bonds. The summed E-state index contributed by atoms with van der Waals surface area (Å²) in [6.07, 6.45) is 0.901. The molecule has 1 aromatic rings. The first-order valence-electron chi connectivity index (χ1n) is 8.78. The van der Waals surface area contributed by atoms with Gasteiger partial charge >= 0.3 is 0 Å². The number of anilines is 1. The molecule has 1 aliphatic rings. The first-order valence-corrected chi connectivity index (χ1v) is 8.78. The second kappa shape index (κ2) is 9.16. The number of rotatable bonds is 7. The van der Waals surface area contributed by atoms with Gasteiger partial charge in [-0.3, -0.25) is 9.69 Å². The molecule has 0 aromatic heterocycles. The highest BCUT2D eigenvalue weighted by Gasteiger charge is 2.27. The van der Waals surface area contributed by atoms with E-state index in [1.165, 1.54) is 5.56 Å². The molecule has 1 aromatic carbocycles. The third kappa shape index (κ3) is 4.56. The summed E-state index contributed by atoms with van der Waals surface area (Å²) < 4.78 is 10.7. The molecule has 1 aliphatic heterocycles. The Kier molecular flexibility index (Phi) is 7.21. The molecule has 0 N–H and O–H groups in total. The number of morpholine rings is 1. The zero-order chi connectivity index (χ0) is 17.5. The fourth-order valence-corrected chi connectivity index (χ4v) is 3.28. The standard InChI is InChI=1S/C19H30N2O3/c1-5-17-8-6-7-15(2)19(17)21(16(3)14-23-4)18(22)13-20-9-11-24-12-10-20/h6-8,16H,5,9-14H2,1-4H3. The molecule has 2 rings (SSSR count). The van der Waals surface area contributed by atoms with Gasteiger partial charge < -0.3 is 14.4 Å². The van der Waals surface area contributed by atoms with Crippen LogP contribution in [0.25, 0.3) is 0 Å². The van der Waals surface area contributed by atoms with E-state index in [9.17, 15) is 4.79 Å². The Labute approximate surface area is 145 Å². The molecular formula is C19H30N2O3. The monoisotopic (exact) mass is 334 g/mol. The van der Waals surface area contributed by atoms with E-state index in [2.05, 4.69) is 36.9 Å². The number of para-hydroxylation sites is 1. The summed E-state index contributed by atoms with van der Waals surface area (Å²) in [7, 11) is 1.68. The zero-order valence-corrected chi connectivity index (χ0v) is 15.4. The van der Waals surface area contributed by atoms with Crippen molar-refractivity contribution in [3.8, 4) is 0 Å². The van der Waals surface area contributed by atoms with Gasteiger partial charge in [0, 0.05) is 20.2 Å². The van der Waals surface area contributed by atoms with Crippen molar-refractivity contribution >= 4 is 11.6 Å². The van der Waals surface area contributed by atoms with Crippen LogP contribution >= 0.6 is 0 Å². The number of hydrogen-bond donors (Lipinski definition) is 0. The summed E-state index contributed by atoms with van der Waals surface area (Å²) in [5.41, 5.74) is 3.38. The van der Waals surface area contributed by atoms with Gasteiger partial charge in [0.25, 0.3) is 0 Å². The Morgan fingerprint density at radius 2 is 2.08 bits per heavy atom. The topological polar surface area (TPSA) is 42.0 Å². The van der Waals surface area contributed by atoms with Crippen molar-refractivity contribution in [3.05, 3.63) is 29.3 Å². The maximum Gasteiger partial charge on any atom is 0.241 e. The first-order chi connectivity index (χ1) is 11.6. The van der Waals surface area contributed by atoms with Crippen molar-refractivity contribution in [2.45, 2.75) is 33.2 Å². The van der Waals surface area contributed by atoms with Crippen LogP contribution in [0.5, 0.6) is 0 Å². The van der Waals surface area contributed by atoms with E-state index in [0.29, 0.717) is 26.4 Å². The molecule has 1 unspecified atom stereocenters. The van der Waals surface area contributed by atoms with Crippen molar-refractivity contribution in [3.63, 3.8) is 0 Å². The van der Waals surface area contributed by atoms with Crippen molar-refractivity contribution in [1.82, 2.24) is 4.90 Å². The number of hydrogen-bond acceptors (Lipinski definition) is 4. The summed E-state index contributed by atoms with van der Waals surface area (Å²) in [6.45, 7) is 10.2. The van der Waals surface area contributed by atoms with Crippen LogP contribution in [0.1, 0.15) is 25.0 Å². The van der Waals surface area contributed by atoms with Crippen LogP contribution in [0, 0.1) is 6.92 Å². The molecule has 1 heterocycles. The third-order valence-corrected chi connectivity index (χ3v) is 4.52. The van der Waals surface area contributed by atoms with E-state index in [1.807, 2.05) is 11.8 Å². The van der Waals surface area contributed by atoms with Crippen LogP contribution < -0.4 is 4.90 Å². The van der Waals surface area contributed by atoms with Gasteiger partial charge in [0.15, 0.2) is 0 Å². The summed E-state index contributed by atoms with van der Waals surface area (Å²) in [6, 6.07) is 6.23. The van der Waals surface area contributed by atoms with Gasteiger partial charge in [-0.1, -0.05) is 25.1 Å². The van der Waals surface area contributed by atoms with Gasteiger partial charge in [-0.25, -0.2) is 0 Å². The fraction of sp³-hybridized carbons (Fsp3) is 0.632. The average Bonchev–Trinajstić information content (AvgIpc) is 2.57. The zero-order valence-electron chi connectivity index (χ0n) is 15.4. The first kappa shape index (κ1) is 18.9. The minimum absolute atomic E-state index is 0.00468. The highest BCUT2D eigenvalue weighted by atomic mass is 16.5. The normalized spacial score (nSPS) is 16.8. The highest BCUT2D eigenvalue weighted by molar-refractivity contribution is 5.97. The molecule has 1 atom stereocenters. The van der Waals surface area contributed by atoms with E-state index in [0.717, 1.165) is 30.8 Å². The van der Waals surface area contributed by atoms with Gasteiger partial charge in [0.2, 0.25) is 5.91 Å². The molecule has 5 heteroatoms. The Morgan fingerprint density at radius 3 is 2.71 bits per heavy atom. The molecular weight excluding hydrogens is 304 g/mol. The lowest BCUT2D eigenvalue weighted by molar-refractivity contribution is -0.121. The van der Waals surface area contributed by atoms with Crippen molar-refractivity contribution in [2.75, 3.05) is 51.5 Å². The SMILES string of the molecule is CCc1cccc(C)c1N(C(=O)CN1CCOCC1)C(C)COC. The Bertz CT molecular complexity index is 541. The van der Waals surface area contributed by atoms with Gasteiger partial charge in [-0.15, -0.1) is 0 Å². The number of methoxy groups -OCH3 is 1. The quantitative estimate of drug-likeness (QED) is 0.767. The highest BCUT2D eigenvalue weighted by Crippen LogP contribution is 2.28. The Morgan fingerprint density at radius 1 is 1.38 bits per heavy atom. The van der Waals surface area contributed by atoms with E-state index in [-0.39, 0.29) is 11.9 Å².